The van der Waals surface area contributed by atoms with Crippen LogP contribution in [0.25, 0.3) is 33.1 Å². The van der Waals surface area contributed by atoms with Gasteiger partial charge < -0.3 is 4.40 Å². The van der Waals surface area contributed by atoms with Crippen molar-refractivity contribution in [3.63, 3.8) is 0 Å². The molecule has 6 aromatic rings. The Bertz CT molecular complexity index is 1570. The first-order chi connectivity index (χ1) is 14.2. The summed E-state index contributed by atoms with van der Waals surface area (Å²) in [5.74, 6) is 0.758. The van der Waals surface area contributed by atoms with Gasteiger partial charge in [-0.2, -0.15) is 0 Å². The van der Waals surface area contributed by atoms with Gasteiger partial charge in [-0.15, -0.1) is 0 Å². The normalized spacial score (nSPS) is 11.8. The van der Waals surface area contributed by atoms with Crippen LogP contribution in [0.3, 0.4) is 0 Å². The standard InChI is InChI=1S/C24H16N4O/c1-15-25-21-20(24-26-17-11-5-6-12-18(17)28(15)24)19-13-7-8-14-27(19)22(21)23(29)16-9-3-2-4-10-16/h2-14H,1H3. The Morgan fingerprint density at radius 2 is 1.55 bits per heavy atom. The van der Waals surface area contributed by atoms with E-state index in [-0.39, 0.29) is 5.78 Å². The Hall–Kier alpha value is -3.99. The van der Waals surface area contributed by atoms with Gasteiger partial charge in [-0.25, -0.2) is 9.97 Å². The Balaban J connectivity index is 1.83. The number of ketones is 1. The number of nitrogens with zero attached hydrogens (tertiary/aromatic N) is 4. The molecule has 0 amide bonds. The zero-order valence-corrected chi connectivity index (χ0v) is 15.7. The van der Waals surface area contributed by atoms with Crippen molar-refractivity contribution in [3.05, 3.63) is 96.1 Å². The Labute approximate surface area is 165 Å². The van der Waals surface area contributed by atoms with Crippen LogP contribution in [0.4, 0.5) is 0 Å². The van der Waals surface area contributed by atoms with Gasteiger partial charge in [0.15, 0.2) is 5.65 Å². The predicted molar refractivity (Wildman–Crippen MR) is 114 cm³/mol. The number of imidazole rings is 1. The average Bonchev–Trinajstić information content (AvgIpc) is 3.30. The van der Waals surface area contributed by atoms with E-state index in [0.717, 1.165) is 33.4 Å². The van der Waals surface area contributed by atoms with Crippen LogP contribution in [0, 0.1) is 6.92 Å². The molecule has 0 unspecified atom stereocenters. The van der Waals surface area contributed by atoms with Crippen molar-refractivity contribution in [2.45, 2.75) is 6.92 Å². The molecular formula is C24H16N4O. The van der Waals surface area contributed by atoms with Crippen LogP contribution in [-0.2, 0) is 0 Å². The van der Waals surface area contributed by atoms with Crippen molar-refractivity contribution in [2.75, 3.05) is 0 Å². The van der Waals surface area contributed by atoms with Gasteiger partial charge in [0.1, 0.15) is 17.0 Å². The van der Waals surface area contributed by atoms with Gasteiger partial charge in [-0.3, -0.25) is 9.20 Å². The van der Waals surface area contributed by atoms with E-state index in [4.69, 9.17) is 9.97 Å². The quantitative estimate of drug-likeness (QED) is 0.407. The summed E-state index contributed by atoms with van der Waals surface area (Å²) in [7, 11) is 0. The summed E-state index contributed by atoms with van der Waals surface area (Å²) in [4.78, 5) is 23.3. The number of fused-ring (bicyclic) bond motifs is 7. The number of rotatable bonds is 2. The highest BCUT2D eigenvalue weighted by molar-refractivity contribution is 6.20. The number of aromatic nitrogens is 4. The number of carbonyl (C=O) groups excluding carboxylic acids is 1. The molecule has 2 aromatic carbocycles. The number of carbonyl (C=O) groups is 1. The first-order valence-electron chi connectivity index (χ1n) is 9.50. The molecule has 0 aliphatic heterocycles. The van der Waals surface area contributed by atoms with E-state index in [0.29, 0.717) is 16.8 Å². The van der Waals surface area contributed by atoms with Gasteiger partial charge in [0, 0.05) is 11.8 Å². The highest BCUT2D eigenvalue weighted by Gasteiger charge is 2.24. The van der Waals surface area contributed by atoms with Crippen LogP contribution in [0.15, 0.2) is 79.0 Å². The van der Waals surface area contributed by atoms with Gasteiger partial charge in [0.05, 0.1) is 21.9 Å². The molecule has 0 saturated carbocycles. The molecule has 138 valence electrons. The molecule has 0 spiro atoms. The maximum Gasteiger partial charge on any atom is 0.211 e. The lowest BCUT2D eigenvalue weighted by atomic mass is 10.1. The zero-order chi connectivity index (χ0) is 19.5. The molecule has 6 rings (SSSR count). The second-order valence-electron chi connectivity index (χ2n) is 7.14. The number of aryl methyl sites for hydroxylation is 1. The molecule has 29 heavy (non-hydrogen) atoms. The summed E-state index contributed by atoms with van der Waals surface area (Å²) in [6.45, 7) is 1.96. The molecule has 0 N–H and O–H groups in total. The lowest BCUT2D eigenvalue weighted by Gasteiger charge is -2.04. The summed E-state index contributed by atoms with van der Waals surface area (Å²) in [5.41, 5.74) is 5.58. The molecule has 0 bridgehead atoms. The SMILES string of the molecule is Cc1nc2c(C(=O)c3ccccc3)n3ccccc3c2c2nc3ccccc3n12. The van der Waals surface area contributed by atoms with Crippen LogP contribution in [-0.4, -0.2) is 24.6 Å². The maximum absolute atomic E-state index is 13.5. The van der Waals surface area contributed by atoms with Crippen LogP contribution >= 0.6 is 0 Å². The summed E-state index contributed by atoms with van der Waals surface area (Å²) < 4.78 is 4.01. The minimum Gasteiger partial charge on any atom is -0.311 e. The zero-order valence-electron chi connectivity index (χ0n) is 15.7. The minimum atomic E-state index is -0.0471. The summed E-state index contributed by atoms with van der Waals surface area (Å²) >= 11 is 0. The van der Waals surface area contributed by atoms with Gasteiger partial charge in [-0.05, 0) is 31.2 Å². The largest absolute Gasteiger partial charge is 0.311 e. The van der Waals surface area contributed by atoms with Crippen molar-refractivity contribution in [1.29, 1.82) is 0 Å². The summed E-state index contributed by atoms with van der Waals surface area (Å²) in [5, 5.41) is 0.895. The minimum absolute atomic E-state index is 0.0471. The van der Waals surface area contributed by atoms with Gasteiger partial charge in [-0.1, -0.05) is 48.5 Å². The molecule has 0 radical (unpaired) electrons. The lowest BCUT2D eigenvalue weighted by molar-refractivity contribution is 0.103. The van der Waals surface area contributed by atoms with Crippen molar-refractivity contribution >= 4 is 38.9 Å². The van der Waals surface area contributed by atoms with Crippen LogP contribution in [0.2, 0.25) is 0 Å². The first kappa shape index (κ1) is 16.0. The van der Waals surface area contributed by atoms with Gasteiger partial charge in [0.2, 0.25) is 5.78 Å². The Kier molecular flexibility index (Phi) is 3.18. The smallest absolute Gasteiger partial charge is 0.211 e. The highest BCUT2D eigenvalue weighted by atomic mass is 16.1. The van der Waals surface area contributed by atoms with Crippen molar-refractivity contribution in [1.82, 2.24) is 18.8 Å². The summed E-state index contributed by atoms with van der Waals surface area (Å²) in [6.07, 6.45) is 1.92. The van der Waals surface area contributed by atoms with Crippen molar-refractivity contribution < 1.29 is 4.79 Å². The van der Waals surface area contributed by atoms with Crippen LogP contribution < -0.4 is 0 Å². The second-order valence-corrected chi connectivity index (χ2v) is 7.14. The number of para-hydroxylation sites is 2. The number of hydrogen-bond acceptors (Lipinski definition) is 3. The fraction of sp³-hybridized carbons (Fsp3) is 0.0417. The molecule has 5 nitrogen and oxygen atoms in total. The van der Waals surface area contributed by atoms with E-state index in [1.54, 1.807) is 0 Å². The van der Waals surface area contributed by atoms with E-state index in [1.165, 1.54) is 0 Å². The first-order valence-corrected chi connectivity index (χ1v) is 9.50. The molecular weight excluding hydrogens is 360 g/mol. The van der Waals surface area contributed by atoms with Crippen molar-refractivity contribution in [2.24, 2.45) is 0 Å². The number of pyridine rings is 1. The van der Waals surface area contributed by atoms with E-state index in [9.17, 15) is 4.79 Å². The summed E-state index contributed by atoms with van der Waals surface area (Å²) in [6, 6.07) is 23.3. The fourth-order valence-corrected chi connectivity index (χ4v) is 4.20. The predicted octanol–water partition coefficient (Wildman–Crippen LogP) is 4.83. The average molecular weight is 376 g/mol. The third kappa shape index (κ3) is 2.12. The molecule has 0 saturated heterocycles. The van der Waals surface area contributed by atoms with E-state index in [1.807, 2.05) is 90.3 Å². The van der Waals surface area contributed by atoms with E-state index >= 15 is 0 Å². The maximum atomic E-state index is 13.5. The number of benzene rings is 2. The van der Waals surface area contributed by atoms with Crippen LogP contribution in [0.1, 0.15) is 21.9 Å². The molecule has 0 fully saturated rings. The van der Waals surface area contributed by atoms with Gasteiger partial charge >= 0.3 is 0 Å². The third-order valence-corrected chi connectivity index (χ3v) is 5.45. The second kappa shape index (κ2) is 5.75. The topological polar surface area (TPSA) is 51.7 Å². The fourth-order valence-electron chi connectivity index (χ4n) is 4.20. The third-order valence-electron chi connectivity index (χ3n) is 5.45. The van der Waals surface area contributed by atoms with Crippen molar-refractivity contribution in [3.8, 4) is 0 Å². The number of hydrogen-bond donors (Lipinski definition) is 0. The van der Waals surface area contributed by atoms with Crippen LogP contribution in [0.5, 0.6) is 0 Å². The highest BCUT2D eigenvalue weighted by Crippen LogP contribution is 2.32. The molecule has 4 aromatic heterocycles. The lowest BCUT2D eigenvalue weighted by Crippen LogP contribution is -2.06. The molecule has 4 heterocycles. The molecule has 0 aliphatic rings. The Morgan fingerprint density at radius 1 is 0.828 bits per heavy atom. The molecule has 0 aliphatic carbocycles. The van der Waals surface area contributed by atoms with E-state index in [2.05, 4.69) is 4.40 Å². The molecule has 0 atom stereocenters. The van der Waals surface area contributed by atoms with E-state index < -0.39 is 0 Å². The van der Waals surface area contributed by atoms with Gasteiger partial charge in [0.25, 0.3) is 0 Å². The monoisotopic (exact) mass is 376 g/mol. The Morgan fingerprint density at radius 3 is 2.41 bits per heavy atom. The molecule has 5 heteroatoms.